The second kappa shape index (κ2) is 11.2. The SMILES string of the molecule is CC[C@H](C)[C@H](CO)N1C(=O)[C@@H]2[C@H]3C(=O)N(Cc4ccccc4)CC=C[C@@]3(C)O[C@@]23C=CCN(c2ccccc2Cl)C(=O)C13. The first-order valence-electron chi connectivity index (χ1n) is 15.0. The lowest BCUT2D eigenvalue weighted by atomic mass is 9.74. The van der Waals surface area contributed by atoms with Crippen LogP contribution in [-0.4, -0.2) is 75.6 Å². The zero-order valence-electron chi connectivity index (χ0n) is 24.7. The number of carbonyl (C=O) groups is 3. The number of rotatable bonds is 7. The number of ether oxygens (including phenoxy) is 1. The van der Waals surface area contributed by atoms with Gasteiger partial charge in [0.1, 0.15) is 11.6 Å². The maximum Gasteiger partial charge on any atom is 0.253 e. The van der Waals surface area contributed by atoms with Crippen molar-refractivity contribution < 1.29 is 24.2 Å². The van der Waals surface area contributed by atoms with Crippen LogP contribution in [0.5, 0.6) is 0 Å². The number of hydrogen-bond acceptors (Lipinski definition) is 5. The summed E-state index contributed by atoms with van der Waals surface area (Å²) in [6, 6.07) is 15.1. The lowest BCUT2D eigenvalue weighted by Crippen LogP contribution is -2.60. The summed E-state index contributed by atoms with van der Waals surface area (Å²) < 4.78 is 6.95. The molecule has 0 aliphatic carbocycles. The van der Waals surface area contributed by atoms with Gasteiger partial charge in [0.05, 0.1) is 40.8 Å². The van der Waals surface area contributed by atoms with E-state index in [-0.39, 0.29) is 36.8 Å². The molecule has 9 heteroatoms. The summed E-state index contributed by atoms with van der Waals surface area (Å²) in [6.45, 7) is 6.46. The Morgan fingerprint density at radius 1 is 0.953 bits per heavy atom. The molecule has 4 aliphatic heterocycles. The average Bonchev–Trinajstić information content (AvgIpc) is 3.27. The van der Waals surface area contributed by atoms with Crippen molar-refractivity contribution in [1.29, 1.82) is 0 Å². The highest BCUT2D eigenvalue weighted by Crippen LogP contribution is 2.58. The molecule has 1 N–H and O–H groups in total. The van der Waals surface area contributed by atoms with Crippen molar-refractivity contribution in [2.24, 2.45) is 17.8 Å². The molecule has 2 fully saturated rings. The van der Waals surface area contributed by atoms with E-state index in [0.717, 1.165) is 5.56 Å². The minimum atomic E-state index is -1.42. The second-order valence-electron chi connectivity index (χ2n) is 12.3. The number of benzene rings is 2. The molecule has 226 valence electrons. The van der Waals surface area contributed by atoms with Gasteiger partial charge in [0.25, 0.3) is 5.91 Å². The van der Waals surface area contributed by atoms with Crippen LogP contribution in [0, 0.1) is 17.8 Å². The highest BCUT2D eigenvalue weighted by atomic mass is 35.5. The fraction of sp³-hybridized carbons (Fsp3) is 0.441. The largest absolute Gasteiger partial charge is 0.394 e. The van der Waals surface area contributed by atoms with Crippen LogP contribution in [0.15, 0.2) is 78.9 Å². The smallest absolute Gasteiger partial charge is 0.253 e. The normalized spacial score (nSPS) is 31.4. The first-order valence-corrected chi connectivity index (χ1v) is 15.4. The van der Waals surface area contributed by atoms with E-state index in [1.165, 1.54) is 4.90 Å². The van der Waals surface area contributed by atoms with Gasteiger partial charge in [-0.2, -0.15) is 0 Å². The van der Waals surface area contributed by atoms with Crippen molar-refractivity contribution in [1.82, 2.24) is 9.80 Å². The summed E-state index contributed by atoms with van der Waals surface area (Å²) in [5, 5.41) is 11.1. The highest BCUT2D eigenvalue weighted by Gasteiger charge is 2.75. The summed E-state index contributed by atoms with van der Waals surface area (Å²) in [6.07, 6.45) is 8.15. The summed E-state index contributed by atoms with van der Waals surface area (Å²) in [5.41, 5.74) is -1.03. The Labute approximate surface area is 257 Å². The number of aliphatic hydroxyl groups is 1. The Morgan fingerprint density at radius 2 is 1.65 bits per heavy atom. The Balaban J connectivity index is 1.48. The van der Waals surface area contributed by atoms with Crippen LogP contribution >= 0.6 is 11.6 Å². The zero-order valence-corrected chi connectivity index (χ0v) is 25.5. The molecule has 7 atom stereocenters. The van der Waals surface area contributed by atoms with Crippen molar-refractivity contribution in [3.05, 3.63) is 89.5 Å². The third kappa shape index (κ3) is 4.62. The fourth-order valence-corrected chi connectivity index (χ4v) is 7.75. The molecule has 6 rings (SSSR count). The van der Waals surface area contributed by atoms with E-state index >= 15 is 0 Å². The van der Waals surface area contributed by atoms with Crippen molar-refractivity contribution in [2.45, 2.75) is 57.0 Å². The number of halogens is 1. The number of anilines is 1. The number of fused-ring (bicyclic) bond motifs is 2. The number of para-hydroxylation sites is 1. The highest BCUT2D eigenvalue weighted by molar-refractivity contribution is 6.34. The van der Waals surface area contributed by atoms with Crippen LogP contribution in [0.2, 0.25) is 5.02 Å². The third-order valence-corrected chi connectivity index (χ3v) is 10.1. The van der Waals surface area contributed by atoms with Gasteiger partial charge in [-0.3, -0.25) is 14.4 Å². The molecule has 2 aromatic carbocycles. The van der Waals surface area contributed by atoms with Crippen LogP contribution in [0.1, 0.15) is 32.8 Å². The molecule has 0 aromatic heterocycles. The van der Waals surface area contributed by atoms with Crippen molar-refractivity contribution in [3.8, 4) is 0 Å². The van der Waals surface area contributed by atoms with Gasteiger partial charge in [0.2, 0.25) is 11.8 Å². The molecular weight excluding hydrogens is 566 g/mol. The van der Waals surface area contributed by atoms with E-state index in [1.807, 2.05) is 81.5 Å². The van der Waals surface area contributed by atoms with Crippen LogP contribution < -0.4 is 4.90 Å². The second-order valence-corrected chi connectivity index (χ2v) is 12.7. The fourth-order valence-electron chi connectivity index (χ4n) is 7.52. The topological polar surface area (TPSA) is 90.4 Å². The van der Waals surface area contributed by atoms with E-state index in [4.69, 9.17) is 16.3 Å². The van der Waals surface area contributed by atoms with Gasteiger partial charge in [-0.25, -0.2) is 0 Å². The van der Waals surface area contributed by atoms with E-state index < -0.39 is 35.1 Å². The minimum absolute atomic E-state index is 0.107. The first kappa shape index (κ1) is 29.6. The molecule has 4 heterocycles. The molecule has 3 amide bonds. The Kier molecular flexibility index (Phi) is 7.73. The van der Waals surface area contributed by atoms with Crippen LogP contribution in [0.25, 0.3) is 0 Å². The molecule has 2 aromatic rings. The summed E-state index contributed by atoms with van der Waals surface area (Å²) >= 11 is 6.57. The summed E-state index contributed by atoms with van der Waals surface area (Å²) in [4.78, 5) is 48.8. The predicted molar refractivity (Wildman–Crippen MR) is 164 cm³/mol. The zero-order chi connectivity index (χ0) is 30.5. The van der Waals surface area contributed by atoms with E-state index in [2.05, 4.69) is 0 Å². The van der Waals surface area contributed by atoms with E-state index in [0.29, 0.717) is 30.2 Å². The summed E-state index contributed by atoms with van der Waals surface area (Å²) in [7, 11) is 0. The lowest BCUT2D eigenvalue weighted by Gasteiger charge is -2.41. The lowest BCUT2D eigenvalue weighted by molar-refractivity contribution is -0.152. The molecule has 0 saturated carbocycles. The Hall–Kier alpha value is -3.46. The maximum absolute atomic E-state index is 14.8. The predicted octanol–water partition coefficient (Wildman–Crippen LogP) is 4.22. The molecule has 0 bridgehead atoms. The molecule has 0 radical (unpaired) electrons. The van der Waals surface area contributed by atoms with Gasteiger partial charge in [-0.1, -0.05) is 98.6 Å². The number of carbonyl (C=O) groups excluding carboxylic acids is 3. The third-order valence-electron chi connectivity index (χ3n) is 9.78. The van der Waals surface area contributed by atoms with Crippen LogP contribution in [-0.2, 0) is 25.7 Å². The Morgan fingerprint density at radius 3 is 2.35 bits per heavy atom. The molecular formula is C34H38ClN3O5. The number of nitrogens with zero attached hydrogens (tertiary/aromatic N) is 3. The number of amides is 3. The molecule has 8 nitrogen and oxygen atoms in total. The van der Waals surface area contributed by atoms with Gasteiger partial charge in [-0.05, 0) is 30.5 Å². The first-order chi connectivity index (χ1) is 20.7. The van der Waals surface area contributed by atoms with E-state index in [9.17, 15) is 19.5 Å². The number of hydrogen-bond donors (Lipinski definition) is 1. The van der Waals surface area contributed by atoms with E-state index in [1.54, 1.807) is 28.0 Å². The van der Waals surface area contributed by atoms with Crippen molar-refractivity contribution in [3.63, 3.8) is 0 Å². The summed E-state index contributed by atoms with van der Waals surface area (Å²) in [5.74, 6) is -2.82. The van der Waals surface area contributed by atoms with Gasteiger partial charge in [0, 0.05) is 19.6 Å². The van der Waals surface area contributed by atoms with Gasteiger partial charge < -0.3 is 24.5 Å². The molecule has 2 saturated heterocycles. The molecule has 1 spiro atoms. The van der Waals surface area contributed by atoms with Crippen molar-refractivity contribution in [2.75, 3.05) is 24.6 Å². The van der Waals surface area contributed by atoms with Crippen LogP contribution in [0.3, 0.4) is 0 Å². The quantitative estimate of drug-likeness (QED) is 0.479. The Bertz CT molecular complexity index is 1480. The number of aliphatic hydroxyl groups excluding tert-OH is 1. The monoisotopic (exact) mass is 603 g/mol. The van der Waals surface area contributed by atoms with Crippen LogP contribution in [0.4, 0.5) is 5.69 Å². The molecule has 4 aliphatic rings. The van der Waals surface area contributed by atoms with Gasteiger partial charge in [-0.15, -0.1) is 0 Å². The average molecular weight is 604 g/mol. The standard InChI is InChI=1S/C34H38ClN3O5/c1-4-22(2)26(21-39)38-29-32(42)37(25-15-9-8-14-24(25)35)19-11-17-34(29)28(31(38)41)27-30(40)36(18-10-16-33(27,3)43-34)20-23-12-6-5-7-13-23/h5-17,22,26-29,39H,4,18-21H2,1-3H3/t22-,26-,27-,28-,29?,33+,34-/m0/s1. The molecule has 43 heavy (non-hydrogen) atoms. The number of likely N-dealkylation sites (tertiary alicyclic amines) is 1. The minimum Gasteiger partial charge on any atom is -0.394 e. The van der Waals surface area contributed by atoms with Gasteiger partial charge in [0.15, 0.2) is 0 Å². The van der Waals surface area contributed by atoms with Crippen molar-refractivity contribution >= 4 is 35.0 Å². The maximum atomic E-state index is 14.8. The molecule has 1 unspecified atom stereocenters. The van der Waals surface area contributed by atoms with Gasteiger partial charge >= 0.3 is 0 Å².